The third-order valence-corrected chi connectivity index (χ3v) is 9.56. The van der Waals surface area contributed by atoms with Gasteiger partial charge >= 0.3 is 0 Å². The van der Waals surface area contributed by atoms with Crippen molar-refractivity contribution in [1.29, 1.82) is 0 Å². The summed E-state index contributed by atoms with van der Waals surface area (Å²) < 4.78 is 26.3. The number of pyridine rings is 1. The minimum absolute atomic E-state index is 0.0576. The molecule has 7 heteroatoms. The molecule has 1 fully saturated rings. The quantitative estimate of drug-likeness (QED) is 0.195. The van der Waals surface area contributed by atoms with Gasteiger partial charge in [-0.05, 0) is 71.8 Å². The molecule has 2 aromatic heterocycles. The van der Waals surface area contributed by atoms with E-state index in [2.05, 4.69) is 22.4 Å². The first kappa shape index (κ1) is 26.2. The van der Waals surface area contributed by atoms with Crippen LogP contribution >= 0.6 is 0 Å². The van der Waals surface area contributed by atoms with Crippen LogP contribution < -0.4 is 5.32 Å². The van der Waals surface area contributed by atoms with Gasteiger partial charge < -0.3 is 10.3 Å². The molecule has 1 aliphatic rings. The van der Waals surface area contributed by atoms with Crippen LogP contribution in [0.15, 0.2) is 114 Å². The topological polar surface area (TPSA) is 91.9 Å². The molecule has 0 saturated heterocycles. The summed E-state index contributed by atoms with van der Waals surface area (Å²) in [5.74, 6) is 0.495. The zero-order valence-electron chi connectivity index (χ0n) is 22.9. The van der Waals surface area contributed by atoms with Crippen LogP contribution in [-0.2, 0) is 20.4 Å². The van der Waals surface area contributed by atoms with Crippen LogP contribution in [0.4, 0.5) is 5.69 Å². The first-order valence-electron chi connectivity index (χ1n) is 14.1. The molecule has 4 aromatic carbocycles. The van der Waals surface area contributed by atoms with E-state index in [1.54, 1.807) is 24.3 Å². The van der Waals surface area contributed by atoms with Crippen LogP contribution in [-0.4, -0.2) is 24.3 Å². The summed E-state index contributed by atoms with van der Waals surface area (Å²) in [5.41, 5.74) is 7.08. The fourth-order valence-electron chi connectivity index (χ4n) is 5.58. The molecule has 1 amide bonds. The zero-order chi connectivity index (χ0) is 28.7. The van der Waals surface area contributed by atoms with E-state index in [0.29, 0.717) is 22.8 Å². The third kappa shape index (κ3) is 5.19. The smallest absolute Gasteiger partial charge is 0.224 e. The molecule has 1 saturated carbocycles. The number of aromatic nitrogens is 2. The Hall–Kier alpha value is -4.75. The molecular weight excluding hydrogens is 542 g/mol. The maximum absolute atomic E-state index is 13.2. The lowest BCUT2D eigenvalue weighted by Gasteiger charge is -2.13. The number of nitrogens with one attached hydrogen (secondary N) is 2. The lowest BCUT2D eigenvalue weighted by atomic mass is 9.92. The van der Waals surface area contributed by atoms with Crippen molar-refractivity contribution in [3.05, 3.63) is 115 Å². The molecule has 7 rings (SSSR count). The van der Waals surface area contributed by atoms with E-state index < -0.39 is 9.84 Å². The van der Waals surface area contributed by atoms with E-state index in [-0.39, 0.29) is 11.7 Å². The number of H-pyrrole nitrogens is 1. The molecule has 1 aliphatic carbocycles. The SMILES string of the molecule is O=C(CC1CC1)Nc1ccc(-c2cnc3[nH]c4ccc(CS(=O)(=O)c5ccccc5)cc4c3c2-c2ccccc2)cc1. The number of anilines is 1. The van der Waals surface area contributed by atoms with E-state index in [1.165, 1.54) is 0 Å². The lowest BCUT2D eigenvalue weighted by molar-refractivity contribution is -0.116. The van der Waals surface area contributed by atoms with Crippen LogP contribution in [0.1, 0.15) is 24.8 Å². The molecule has 6 nitrogen and oxygen atoms in total. The summed E-state index contributed by atoms with van der Waals surface area (Å²) in [4.78, 5) is 20.9. The first-order valence-corrected chi connectivity index (χ1v) is 15.8. The number of hydrogen-bond acceptors (Lipinski definition) is 4. The monoisotopic (exact) mass is 571 g/mol. The fraction of sp³-hybridized carbons (Fsp3) is 0.143. The van der Waals surface area contributed by atoms with Crippen LogP contribution in [0, 0.1) is 5.92 Å². The third-order valence-electron chi connectivity index (χ3n) is 7.86. The Morgan fingerprint density at radius 3 is 2.29 bits per heavy atom. The maximum Gasteiger partial charge on any atom is 0.224 e. The van der Waals surface area contributed by atoms with Gasteiger partial charge in [0.15, 0.2) is 9.84 Å². The van der Waals surface area contributed by atoms with Gasteiger partial charge in [0, 0.05) is 45.7 Å². The van der Waals surface area contributed by atoms with Gasteiger partial charge in [-0.1, -0.05) is 66.7 Å². The van der Waals surface area contributed by atoms with Gasteiger partial charge in [0.2, 0.25) is 5.91 Å². The van der Waals surface area contributed by atoms with Gasteiger partial charge in [-0.15, -0.1) is 0 Å². The van der Waals surface area contributed by atoms with Crippen molar-refractivity contribution >= 4 is 43.4 Å². The molecule has 0 radical (unpaired) electrons. The largest absolute Gasteiger partial charge is 0.339 e. The Morgan fingerprint density at radius 1 is 0.857 bits per heavy atom. The standard InChI is InChI=1S/C35H29N3O3S/c39-32(20-23-11-12-23)37-27-16-14-25(15-17-27)30-21-36-35-34(33(30)26-7-3-1-4-8-26)29-19-24(13-18-31(29)38-35)22-42(40,41)28-9-5-2-6-10-28/h1-10,13-19,21,23H,11-12,20,22H2,(H,36,38)(H,37,39). The van der Waals surface area contributed by atoms with E-state index in [0.717, 1.165) is 62.7 Å². The van der Waals surface area contributed by atoms with Crippen LogP contribution in [0.2, 0.25) is 0 Å². The highest BCUT2D eigenvalue weighted by molar-refractivity contribution is 7.90. The second-order valence-corrected chi connectivity index (χ2v) is 13.0. The van der Waals surface area contributed by atoms with Crippen molar-refractivity contribution in [2.75, 3.05) is 5.32 Å². The molecular formula is C35H29N3O3S. The number of carbonyl (C=O) groups is 1. The zero-order valence-corrected chi connectivity index (χ0v) is 23.7. The molecule has 2 heterocycles. The van der Waals surface area contributed by atoms with Crippen LogP contribution in [0.25, 0.3) is 44.2 Å². The van der Waals surface area contributed by atoms with E-state index in [1.807, 2.05) is 72.9 Å². The Labute approximate surface area is 244 Å². The summed E-state index contributed by atoms with van der Waals surface area (Å²) in [5, 5.41) is 4.87. The van der Waals surface area contributed by atoms with Gasteiger partial charge in [-0.2, -0.15) is 0 Å². The molecule has 0 spiro atoms. The summed E-state index contributed by atoms with van der Waals surface area (Å²) in [6, 6.07) is 32.4. The number of fused-ring (bicyclic) bond motifs is 3. The van der Waals surface area contributed by atoms with Crippen molar-refractivity contribution in [3.63, 3.8) is 0 Å². The van der Waals surface area contributed by atoms with Gasteiger partial charge in [-0.3, -0.25) is 4.79 Å². The van der Waals surface area contributed by atoms with E-state index in [9.17, 15) is 13.2 Å². The van der Waals surface area contributed by atoms with Crippen molar-refractivity contribution < 1.29 is 13.2 Å². The van der Waals surface area contributed by atoms with Gasteiger partial charge in [-0.25, -0.2) is 13.4 Å². The lowest BCUT2D eigenvalue weighted by Crippen LogP contribution is -2.11. The molecule has 6 aromatic rings. The predicted molar refractivity (Wildman–Crippen MR) is 168 cm³/mol. The fourth-order valence-corrected chi connectivity index (χ4v) is 6.93. The second kappa shape index (κ2) is 10.6. The summed E-state index contributed by atoms with van der Waals surface area (Å²) in [6.07, 6.45) is 4.74. The predicted octanol–water partition coefficient (Wildman–Crippen LogP) is 7.76. The highest BCUT2D eigenvalue weighted by Gasteiger charge is 2.24. The maximum atomic E-state index is 13.2. The Morgan fingerprint density at radius 2 is 1.57 bits per heavy atom. The Kier molecular flexibility index (Phi) is 6.59. The van der Waals surface area contributed by atoms with Gasteiger partial charge in [0.05, 0.1) is 10.6 Å². The summed E-state index contributed by atoms with van der Waals surface area (Å²) in [7, 11) is -3.50. The van der Waals surface area contributed by atoms with E-state index in [4.69, 9.17) is 4.98 Å². The van der Waals surface area contributed by atoms with E-state index >= 15 is 0 Å². The molecule has 0 aliphatic heterocycles. The Balaban J connectivity index is 1.33. The van der Waals surface area contributed by atoms with Gasteiger partial charge in [0.1, 0.15) is 5.65 Å². The average molecular weight is 572 g/mol. The van der Waals surface area contributed by atoms with Crippen molar-refractivity contribution in [2.24, 2.45) is 5.92 Å². The van der Waals surface area contributed by atoms with Crippen molar-refractivity contribution in [1.82, 2.24) is 9.97 Å². The highest BCUT2D eigenvalue weighted by Crippen LogP contribution is 2.41. The number of nitrogens with zero attached hydrogens (tertiary/aromatic N) is 1. The molecule has 0 atom stereocenters. The second-order valence-electron chi connectivity index (χ2n) is 11.0. The first-order chi connectivity index (χ1) is 20.4. The minimum atomic E-state index is -3.50. The van der Waals surface area contributed by atoms with Gasteiger partial charge in [0.25, 0.3) is 0 Å². The molecule has 0 unspecified atom stereocenters. The highest BCUT2D eigenvalue weighted by atomic mass is 32.2. The summed E-state index contributed by atoms with van der Waals surface area (Å²) >= 11 is 0. The normalized spacial score (nSPS) is 13.4. The number of benzene rings is 4. The van der Waals surface area contributed by atoms with Crippen molar-refractivity contribution in [3.8, 4) is 22.3 Å². The number of hydrogen-bond donors (Lipinski definition) is 2. The molecule has 0 bridgehead atoms. The van der Waals surface area contributed by atoms with Crippen molar-refractivity contribution in [2.45, 2.75) is 29.9 Å². The van der Waals surface area contributed by atoms with Crippen LogP contribution in [0.3, 0.4) is 0 Å². The summed E-state index contributed by atoms with van der Waals surface area (Å²) in [6.45, 7) is 0. The molecule has 208 valence electrons. The number of carbonyl (C=O) groups excluding carboxylic acids is 1. The number of aromatic amines is 1. The number of rotatable bonds is 8. The Bertz CT molecular complexity index is 2030. The minimum Gasteiger partial charge on any atom is -0.339 e. The van der Waals surface area contributed by atoms with Crippen LogP contribution in [0.5, 0.6) is 0 Å². The number of amides is 1. The molecule has 42 heavy (non-hydrogen) atoms. The number of sulfone groups is 1. The molecule has 2 N–H and O–H groups in total. The average Bonchev–Trinajstić information content (AvgIpc) is 3.75.